The largest absolute Gasteiger partial charge is 0.493 e. The fraction of sp³-hybridized carbons (Fsp3) is 0.308. The molecule has 0 unspecified atom stereocenters. The Labute approximate surface area is 187 Å². The third-order valence-electron chi connectivity index (χ3n) is 6.24. The van der Waals surface area contributed by atoms with Gasteiger partial charge in [0, 0.05) is 29.3 Å². The number of carbonyl (C=O) groups excluding carboxylic acids is 2. The maximum atomic E-state index is 13.5. The summed E-state index contributed by atoms with van der Waals surface area (Å²) in [5.41, 5.74) is 4.53. The van der Waals surface area contributed by atoms with Crippen molar-refractivity contribution in [1.29, 1.82) is 0 Å². The normalized spacial score (nSPS) is 20.4. The minimum atomic E-state index is -0.539. The van der Waals surface area contributed by atoms with Crippen molar-refractivity contribution in [3.8, 4) is 11.5 Å². The van der Waals surface area contributed by atoms with Crippen LogP contribution in [-0.4, -0.2) is 33.1 Å². The van der Waals surface area contributed by atoms with Gasteiger partial charge in [-0.1, -0.05) is 36.4 Å². The first-order chi connectivity index (χ1) is 15.5. The van der Waals surface area contributed by atoms with E-state index in [4.69, 9.17) is 14.2 Å². The molecule has 0 saturated heterocycles. The number of ether oxygens (including phenoxy) is 3. The molecule has 2 aliphatic rings. The highest BCUT2D eigenvalue weighted by Gasteiger charge is 2.41. The van der Waals surface area contributed by atoms with Gasteiger partial charge in [-0.3, -0.25) is 4.79 Å². The van der Waals surface area contributed by atoms with Crippen LogP contribution in [0.2, 0.25) is 0 Å². The molecule has 0 bridgehead atoms. The van der Waals surface area contributed by atoms with E-state index in [2.05, 4.69) is 17.4 Å². The number of nitrogens with one attached hydrogen (secondary N) is 1. The SMILES string of the molecule is COC(=O)C1=C(C)NC2=C(C(=O)C[C@@H](c3ccccc3)C2)[C@H]1c1ccc(OC)c(OC)c1. The van der Waals surface area contributed by atoms with Crippen LogP contribution in [0, 0.1) is 0 Å². The molecule has 0 radical (unpaired) electrons. The molecule has 4 rings (SSSR count). The Kier molecular flexibility index (Phi) is 6.04. The number of Topliss-reactive ketones (excluding diaryl/α,β-unsaturated/α-hetero) is 1. The van der Waals surface area contributed by atoms with Crippen LogP contribution >= 0.6 is 0 Å². The lowest BCUT2D eigenvalue weighted by atomic mass is 9.71. The zero-order chi connectivity index (χ0) is 22.8. The first-order valence-electron chi connectivity index (χ1n) is 10.6. The lowest BCUT2D eigenvalue weighted by Crippen LogP contribution is -2.36. The van der Waals surface area contributed by atoms with Crippen molar-refractivity contribution in [2.45, 2.75) is 31.6 Å². The van der Waals surface area contributed by atoms with Gasteiger partial charge in [-0.25, -0.2) is 4.79 Å². The van der Waals surface area contributed by atoms with Crippen molar-refractivity contribution in [2.24, 2.45) is 0 Å². The third kappa shape index (κ3) is 3.77. The van der Waals surface area contributed by atoms with Gasteiger partial charge >= 0.3 is 5.97 Å². The number of allylic oxidation sites excluding steroid dienone is 3. The molecule has 1 N–H and O–H groups in total. The summed E-state index contributed by atoms with van der Waals surface area (Å²) in [7, 11) is 4.49. The molecule has 6 heteroatoms. The number of hydrogen-bond acceptors (Lipinski definition) is 6. The summed E-state index contributed by atoms with van der Waals surface area (Å²) in [5, 5.41) is 3.35. The molecule has 0 fully saturated rings. The Hall–Kier alpha value is -3.54. The molecule has 32 heavy (non-hydrogen) atoms. The maximum absolute atomic E-state index is 13.5. The molecule has 2 aromatic rings. The van der Waals surface area contributed by atoms with Crippen molar-refractivity contribution >= 4 is 11.8 Å². The van der Waals surface area contributed by atoms with Crippen molar-refractivity contribution in [3.05, 3.63) is 82.2 Å². The van der Waals surface area contributed by atoms with Crippen molar-refractivity contribution in [3.63, 3.8) is 0 Å². The van der Waals surface area contributed by atoms with Gasteiger partial charge in [-0.2, -0.15) is 0 Å². The highest BCUT2D eigenvalue weighted by Crippen LogP contribution is 2.46. The molecule has 0 saturated carbocycles. The van der Waals surface area contributed by atoms with E-state index >= 15 is 0 Å². The number of ketones is 1. The third-order valence-corrected chi connectivity index (χ3v) is 6.24. The second kappa shape index (κ2) is 8.91. The van der Waals surface area contributed by atoms with Gasteiger partial charge in [-0.05, 0) is 42.5 Å². The summed E-state index contributed by atoms with van der Waals surface area (Å²) in [4.78, 5) is 26.3. The fourth-order valence-electron chi connectivity index (χ4n) is 4.75. The van der Waals surface area contributed by atoms with Gasteiger partial charge in [0.1, 0.15) is 0 Å². The van der Waals surface area contributed by atoms with Crippen LogP contribution in [-0.2, 0) is 14.3 Å². The van der Waals surface area contributed by atoms with Crippen molar-refractivity contribution in [1.82, 2.24) is 5.32 Å². The predicted molar refractivity (Wildman–Crippen MR) is 121 cm³/mol. The van der Waals surface area contributed by atoms with Crippen molar-refractivity contribution in [2.75, 3.05) is 21.3 Å². The Morgan fingerprint density at radius 3 is 2.31 bits per heavy atom. The van der Waals surface area contributed by atoms with E-state index < -0.39 is 11.9 Å². The van der Waals surface area contributed by atoms with Gasteiger partial charge in [-0.15, -0.1) is 0 Å². The van der Waals surface area contributed by atoms with Crippen LogP contribution in [0.25, 0.3) is 0 Å². The van der Waals surface area contributed by atoms with Crippen LogP contribution in [0.3, 0.4) is 0 Å². The average Bonchev–Trinajstić information content (AvgIpc) is 2.82. The molecule has 0 aromatic heterocycles. The maximum Gasteiger partial charge on any atom is 0.336 e. The summed E-state index contributed by atoms with van der Waals surface area (Å²) >= 11 is 0. The number of methoxy groups -OCH3 is 3. The molecule has 2 atom stereocenters. The first kappa shape index (κ1) is 21.7. The minimum Gasteiger partial charge on any atom is -0.493 e. The fourth-order valence-corrected chi connectivity index (χ4v) is 4.75. The monoisotopic (exact) mass is 433 g/mol. The van der Waals surface area contributed by atoms with Crippen LogP contribution in [0.4, 0.5) is 0 Å². The van der Waals surface area contributed by atoms with E-state index in [1.807, 2.05) is 37.3 Å². The van der Waals surface area contributed by atoms with Crippen molar-refractivity contribution < 1.29 is 23.8 Å². The summed E-state index contributed by atoms with van der Waals surface area (Å²) in [6.45, 7) is 1.85. The highest BCUT2D eigenvalue weighted by atomic mass is 16.5. The Morgan fingerprint density at radius 2 is 1.66 bits per heavy atom. The van der Waals surface area contributed by atoms with Gasteiger partial charge in [0.25, 0.3) is 0 Å². The van der Waals surface area contributed by atoms with Crippen LogP contribution in [0.5, 0.6) is 11.5 Å². The molecule has 0 spiro atoms. The zero-order valence-corrected chi connectivity index (χ0v) is 18.7. The standard InChI is InChI=1S/C26H27NO5/c1-15-23(26(29)32-4)24(17-10-11-21(30-2)22(14-17)31-3)25-19(27-15)12-18(13-20(25)28)16-8-6-5-7-9-16/h5-11,14,18,24,27H,12-13H2,1-4H3/t18-,24-/m0/s1. The van der Waals surface area contributed by atoms with Gasteiger partial charge in [0.2, 0.25) is 0 Å². The molecule has 1 aliphatic carbocycles. The van der Waals surface area contributed by atoms with E-state index in [9.17, 15) is 9.59 Å². The van der Waals surface area contributed by atoms with Gasteiger partial charge in [0.15, 0.2) is 17.3 Å². The molecule has 1 heterocycles. The van der Waals surface area contributed by atoms with Crippen LogP contribution in [0.1, 0.15) is 42.7 Å². The van der Waals surface area contributed by atoms with E-state index in [1.165, 1.54) is 7.11 Å². The highest BCUT2D eigenvalue weighted by molar-refractivity contribution is 6.04. The Morgan fingerprint density at radius 1 is 0.938 bits per heavy atom. The molecular formula is C26H27NO5. The zero-order valence-electron chi connectivity index (χ0n) is 18.7. The topological polar surface area (TPSA) is 73.9 Å². The lowest BCUT2D eigenvalue weighted by Gasteiger charge is -2.36. The smallest absolute Gasteiger partial charge is 0.336 e. The predicted octanol–water partition coefficient (Wildman–Crippen LogP) is 4.24. The quantitative estimate of drug-likeness (QED) is 0.711. The number of benzene rings is 2. The van der Waals surface area contributed by atoms with E-state index in [0.29, 0.717) is 41.2 Å². The molecular weight excluding hydrogens is 406 g/mol. The second-order valence-electron chi connectivity index (χ2n) is 8.03. The number of rotatable bonds is 5. The van der Waals surface area contributed by atoms with Gasteiger partial charge < -0.3 is 19.5 Å². The summed E-state index contributed by atoms with van der Waals surface area (Å²) in [5.74, 6) is 0.244. The molecule has 1 aliphatic heterocycles. The van der Waals surface area contributed by atoms with Crippen LogP contribution < -0.4 is 14.8 Å². The number of carbonyl (C=O) groups is 2. The molecule has 6 nitrogen and oxygen atoms in total. The number of hydrogen-bond donors (Lipinski definition) is 1. The molecule has 0 amide bonds. The van der Waals surface area contributed by atoms with E-state index in [1.54, 1.807) is 20.3 Å². The second-order valence-corrected chi connectivity index (χ2v) is 8.03. The number of dihydropyridines is 1. The first-order valence-corrected chi connectivity index (χ1v) is 10.6. The minimum absolute atomic E-state index is 0.0290. The summed E-state index contributed by atoms with van der Waals surface area (Å²) in [6.07, 6.45) is 1.09. The van der Waals surface area contributed by atoms with Crippen LogP contribution in [0.15, 0.2) is 71.1 Å². The van der Waals surface area contributed by atoms with E-state index in [-0.39, 0.29) is 11.7 Å². The van der Waals surface area contributed by atoms with Gasteiger partial charge in [0.05, 0.1) is 26.9 Å². The average molecular weight is 434 g/mol. The Balaban J connectivity index is 1.84. The Bertz CT molecular complexity index is 1120. The summed E-state index contributed by atoms with van der Waals surface area (Å²) in [6, 6.07) is 15.6. The summed E-state index contributed by atoms with van der Waals surface area (Å²) < 4.78 is 15.9. The molecule has 166 valence electrons. The molecule has 2 aromatic carbocycles. The number of esters is 1. The van der Waals surface area contributed by atoms with E-state index in [0.717, 1.165) is 16.8 Å². The lowest BCUT2D eigenvalue weighted by molar-refractivity contribution is -0.136.